The molecule has 4 rings (SSSR count). The molecular formula is C23H26N4OS. The Kier molecular flexibility index (Phi) is 5.28. The summed E-state index contributed by atoms with van der Waals surface area (Å²) in [5.41, 5.74) is 5.73. The number of thiocarbonyl (C=S) groups is 1. The van der Waals surface area contributed by atoms with Crippen molar-refractivity contribution in [1.29, 1.82) is 0 Å². The van der Waals surface area contributed by atoms with Gasteiger partial charge < -0.3 is 19.5 Å². The van der Waals surface area contributed by atoms with Crippen LogP contribution < -0.4 is 15.0 Å². The van der Waals surface area contributed by atoms with Crippen molar-refractivity contribution in [2.24, 2.45) is 7.05 Å². The molecule has 1 aliphatic heterocycles. The van der Waals surface area contributed by atoms with Crippen molar-refractivity contribution in [3.05, 3.63) is 77.4 Å². The molecule has 1 saturated heterocycles. The fourth-order valence-electron chi connectivity index (χ4n) is 4.00. The van der Waals surface area contributed by atoms with Crippen LogP contribution in [0.5, 0.6) is 5.75 Å². The second-order valence-corrected chi connectivity index (χ2v) is 7.70. The lowest BCUT2D eigenvalue weighted by Gasteiger charge is -2.28. The maximum absolute atomic E-state index is 5.79. The van der Waals surface area contributed by atoms with E-state index < -0.39 is 0 Å². The molecule has 0 bridgehead atoms. The summed E-state index contributed by atoms with van der Waals surface area (Å²) in [6.07, 6.45) is 1.83. The molecule has 3 heterocycles. The molecule has 3 aromatic rings. The maximum atomic E-state index is 5.79. The number of aromatic nitrogens is 2. The number of anilines is 1. The SMILES string of the molecule is CCOc1ccc(N2C(=S)N[C@@H](c3ccccn3)[C@@H]2c2cc(C)n(C)c2C)cc1. The first kappa shape index (κ1) is 19.5. The monoisotopic (exact) mass is 406 g/mol. The van der Waals surface area contributed by atoms with Gasteiger partial charge in [0.05, 0.1) is 24.4 Å². The normalized spacial score (nSPS) is 18.8. The average Bonchev–Trinajstić information content (AvgIpc) is 3.21. The molecular weight excluding hydrogens is 380 g/mol. The van der Waals surface area contributed by atoms with Crippen molar-refractivity contribution < 1.29 is 4.74 Å². The van der Waals surface area contributed by atoms with Crippen LogP contribution in [-0.2, 0) is 7.05 Å². The van der Waals surface area contributed by atoms with Gasteiger partial charge in [0, 0.05) is 30.3 Å². The quantitative estimate of drug-likeness (QED) is 0.627. The lowest BCUT2D eigenvalue weighted by Crippen LogP contribution is -2.29. The van der Waals surface area contributed by atoms with Crippen LogP contribution in [0, 0.1) is 13.8 Å². The molecule has 5 nitrogen and oxygen atoms in total. The van der Waals surface area contributed by atoms with Crippen LogP contribution in [-0.4, -0.2) is 21.3 Å². The van der Waals surface area contributed by atoms with Gasteiger partial charge in [-0.1, -0.05) is 6.07 Å². The number of hydrogen-bond donors (Lipinski definition) is 1. The highest BCUT2D eigenvalue weighted by Crippen LogP contribution is 2.43. The van der Waals surface area contributed by atoms with Crippen LogP contribution in [0.15, 0.2) is 54.7 Å². The number of pyridine rings is 1. The third kappa shape index (κ3) is 3.49. The number of nitrogens with zero attached hydrogens (tertiary/aromatic N) is 3. The molecule has 0 unspecified atom stereocenters. The summed E-state index contributed by atoms with van der Waals surface area (Å²) in [5.74, 6) is 0.860. The standard InChI is InChI=1S/C23H26N4OS/c1-5-28-18-11-9-17(10-12-18)27-22(19-14-15(2)26(4)16(19)3)21(25-23(27)29)20-8-6-7-13-24-20/h6-14,21-22H,5H2,1-4H3,(H,25,29)/t21-,22-/m0/s1. The molecule has 0 radical (unpaired) electrons. The van der Waals surface area contributed by atoms with E-state index in [-0.39, 0.29) is 12.1 Å². The number of benzene rings is 1. The van der Waals surface area contributed by atoms with Gasteiger partial charge in [-0.05, 0) is 81.0 Å². The molecule has 1 N–H and O–H groups in total. The summed E-state index contributed by atoms with van der Waals surface area (Å²) in [7, 11) is 2.10. The van der Waals surface area contributed by atoms with Crippen LogP contribution in [0.4, 0.5) is 5.69 Å². The summed E-state index contributed by atoms with van der Waals surface area (Å²) in [6, 6.07) is 16.4. The van der Waals surface area contributed by atoms with Crippen LogP contribution in [0.1, 0.15) is 41.7 Å². The van der Waals surface area contributed by atoms with Gasteiger partial charge in [-0.2, -0.15) is 0 Å². The first-order chi connectivity index (χ1) is 14.0. The molecule has 0 spiro atoms. The van der Waals surface area contributed by atoms with Crippen molar-refractivity contribution in [3.63, 3.8) is 0 Å². The second kappa shape index (κ2) is 7.87. The minimum atomic E-state index is -0.0317. The predicted octanol–water partition coefficient (Wildman–Crippen LogP) is 4.61. The Morgan fingerprint density at radius 2 is 1.90 bits per heavy atom. The van der Waals surface area contributed by atoms with E-state index in [9.17, 15) is 0 Å². The molecule has 0 saturated carbocycles. The summed E-state index contributed by atoms with van der Waals surface area (Å²) in [4.78, 5) is 6.82. The van der Waals surface area contributed by atoms with E-state index in [4.69, 9.17) is 17.0 Å². The Bertz CT molecular complexity index is 1010. The lowest BCUT2D eigenvalue weighted by molar-refractivity contribution is 0.340. The number of aryl methyl sites for hydroxylation is 1. The van der Waals surface area contributed by atoms with E-state index in [1.165, 1.54) is 17.0 Å². The van der Waals surface area contributed by atoms with Gasteiger partial charge in [0.2, 0.25) is 0 Å². The summed E-state index contributed by atoms with van der Waals surface area (Å²) < 4.78 is 7.83. The van der Waals surface area contributed by atoms with Crippen molar-refractivity contribution >= 4 is 23.0 Å². The molecule has 6 heteroatoms. The summed E-state index contributed by atoms with van der Waals surface area (Å²) in [6.45, 7) is 6.93. The highest BCUT2D eigenvalue weighted by atomic mass is 32.1. The van der Waals surface area contributed by atoms with E-state index in [1.807, 2.05) is 37.4 Å². The van der Waals surface area contributed by atoms with Crippen LogP contribution in [0.3, 0.4) is 0 Å². The molecule has 1 aromatic carbocycles. The Balaban J connectivity index is 1.82. The second-order valence-electron chi connectivity index (χ2n) is 7.31. The van der Waals surface area contributed by atoms with Crippen molar-refractivity contribution in [2.45, 2.75) is 32.9 Å². The van der Waals surface area contributed by atoms with Gasteiger partial charge in [0.1, 0.15) is 5.75 Å². The number of ether oxygens (including phenoxy) is 1. The zero-order valence-corrected chi connectivity index (χ0v) is 18.0. The number of rotatable bonds is 5. The fraction of sp³-hybridized carbons (Fsp3) is 0.304. The third-order valence-electron chi connectivity index (χ3n) is 5.66. The molecule has 1 fully saturated rings. The third-order valence-corrected chi connectivity index (χ3v) is 5.97. The van der Waals surface area contributed by atoms with Gasteiger partial charge in [-0.3, -0.25) is 4.98 Å². The minimum absolute atomic E-state index is 0.00948. The first-order valence-corrected chi connectivity index (χ1v) is 10.3. The molecule has 2 aromatic heterocycles. The molecule has 0 aliphatic carbocycles. The van der Waals surface area contributed by atoms with Crippen LogP contribution in [0.2, 0.25) is 0 Å². The van der Waals surface area contributed by atoms with Crippen molar-refractivity contribution in [3.8, 4) is 5.75 Å². The van der Waals surface area contributed by atoms with Gasteiger partial charge in [-0.15, -0.1) is 0 Å². The van der Waals surface area contributed by atoms with Crippen molar-refractivity contribution in [1.82, 2.24) is 14.9 Å². The van der Waals surface area contributed by atoms with E-state index in [0.717, 1.165) is 17.1 Å². The molecule has 0 amide bonds. The van der Waals surface area contributed by atoms with Gasteiger partial charge >= 0.3 is 0 Å². The Morgan fingerprint density at radius 3 is 2.48 bits per heavy atom. The van der Waals surface area contributed by atoms with E-state index in [1.54, 1.807) is 0 Å². The largest absolute Gasteiger partial charge is 0.494 e. The topological polar surface area (TPSA) is 42.3 Å². The Morgan fingerprint density at radius 1 is 1.14 bits per heavy atom. The summed E-state index contributed by atoms with van der Waals surface area (Å²) >= 11 is 5.79. The molecule has 2 atom stereocenters. The average molecular weight is 407 g/mol. The zero-order valence-electron chi connectivity index (χ0n) is 17.2. The maximum Gasteiger partial charge on any atom is 0.174 e. The van der Waals surface area contributed by atoms with Gasteiger partial charge in [0.25, 0.3) is 0 Å². The van der Waals surface area contributed by atoms with E-state index in [0.29, 0.717) is 11.7 Å². The highest BCUT2D eigenvalue weighted by molar-refractivity contribution is 7.80. The lowest BCUT2D eigenvalue weighted by atomic mass is 9.96. The van der Waals surface area contributed by atoms with E-state index in [2.05, 4.69) is 64.9 Å². The first-order valence-electron chi connectivity index (χ1n) is 9.87. The summed E-state index contributed by atoms with van der Waals surface area (Å²) in [5, 5.41) is 4.22. The Labute approximate surface area is 177 Å². The molecule has 1 aliphatic rings. The number of nitrogens with one attached hydrogen (secondary N) is 1. The molecule has 150 valence electrons. The molecule has 29 heavy (non-hydrogen) atoms. The van der Waals surface area contributed by atoms with Gasteiger partial charge in [-0.25, -0.2) is 0 Å². The Hall–Kier alpha value is -2.86. The van der Waals surface area contributed by atoms with Crippen molar-refractivity contribution in [2.75, 3.05) is 11.5 Å². The minimum Gasteiger partial charge on any atom is -0.494 e. The predicted molar refractivity (Wildman–Crippen MR) is 120 cm³/mol. The van der Waals surface area contributed by atoms with E-state index >= 15 is 0 Å². The highest BCUT2D eigenvalue weighted by Gasteiger charge is 2.42. The van der Waals surface area contributed by atoms with Crippen LogP contribution >= 0.6 is 12.2 Å². The van der Waals surface area contributed by atoms with Gasteiger partial charge in [0.15, 0.2) is 5.11 Å². The smallest absolute Gasteiger partial charge is 0.174 e. The fourth-order valence-corrected chi connectivity index (χ4v) is 4.35. The zero-order chi connectivity index (χ0) is 20.5. The van der Waals surface area contributed by atoms with Crippen LogP contribution in [0.25, 0.3) is 0 Å². The number of hydrogen-bond acceptors (Lipinski definition) is 3.